The number of likely N-dealkylation sites (tertiary alicyclic amines) is 1. The molecule has 1 atom stereocenters. The molecule has 0 aromatic carbocycles. The highest BCUT2D eigenvalue weighted by atomic mass is 16.3. The van der Waals surface area contributed by atoms with Crippen LogP contribution in [0.15, 0.2) is 0 Å². The molecule has 0 spiro atoms. The van der Waals surface area contributed by atoms with E-state index in [0.29, 0.717) is 25.9 Å². The van der Waals surface area contributed by atoms with E-state index in [2.05, 4.69) is 5.32 Å². The van der Waals surface area contributed by atoms with Crippen LogP contribution in [0.25, 0.3) is 0 Å². The van der Waals surface area contributed by atoms with Gasteiger partial charge in [-0.25, -0.2) is 0 Å². The van der Waals surface area contributed by atoms with E-state index >= 15 is 0 Å². The summed E-state index contributed by atoms with van der Waals surface area (Å²) < 4.78 is 0. The summed E-state index contributed by atoms with van der Waals surface area (Å²) in [5, 5.41) is 12.9. The van der Waals surface area contributed by atoms with Gasteiger partial charge in [-0.2, -0.15) is 0 Å². The zero-order chi connectivity index (χ0) is 18.5. The number of hydrogen-bond acceptors (Lipinski definition) is 3. The van der Waals surface area contributed by atoms with Crippen molar-refractivity contribution in [3.05, 3.63) is 0 Å². The van der Waals surface area contributed by atoms with Crippen molar-refractivity contribution >= 4 is 11.8 Å². The van der Waals surface area contributed by atoms with Crippen LogP contribution in [0.5, 0.6) is 0 Å². The van der Waals surface area contributed by atoms with Crippen LogP contribution in [0.4, 0.5) is 0 Å². The Morgan fingerprint density at radius 1 is 1.00 bits per heavy atom. The van der Waals surface area contributed by atoms with Crippen LogP contribution in [0.2, 0.25) is 0 Å². The number of carbonyl (C=O) groups excluding carboxylic acids is 2. The van der Waals surface area contributed by atoms with Gasteiger partial charge in [0, 0.05) is 18.5 Å². The van der Waals surface area contributed by atoms with E-state index in [1.54, 1.807) is 0 Å². The fraction of sp³-hybridized carbons (Fsp3) is 0.905. The van der Waals surface area contributed by atoms with Gasteiger partial charge in [-0.05, 0) is 75.0 Å². The van der Waals surface area contributed by atoms with Crippen molar-refractivity contribution in [3.8, 4) is 0 Å². The third kappa shape index (κ3) is 3.28. The zero-order valence-electron chi connectivity index (χ0n) is 16.2. The smallest absolute Gasteiger partial charge is 0.245 e. The number of amides is 2. The van der Waals surface area contributed by atoms with Crippen LogP contribution in [0.1, 0.15) is 65.2 Å². The quantitative estimate of drug-likeness (QED) is 0.806. The van der Waals surface area contributed by atoms with Gasteiger partial charge in [0.05, 0.1) is 6.10 Å². The standard InChI is InChI=1S/C21H34N2O3/c1-13(2)18(19(25)23-5-3-17(24)4-6-23)22-20(26)21-10-14-7-15(11-21)9-16(8-14)12-21/h13-18,24H,3-12H2,1-2H3,(H,22,26). The van der Waals surface area contributed by atoms with E-state index in [0.717, 1.165) is 37.0 Å². The highest BCUT2D eigenvalue weighted by Crippen LogP contribution is 2.60. The Morgan fingerprint density at radius 3 is 1.96 bits per heavy atom. The predicted molar refractivity (Wildman–Crippen MR) is 99.2 cm³/mol. The molecule has 5 rings (SSSR count). The number of nitrogens with zero attached hydrogens (tertiary/aromatic N) is 1. The molecule has 1 unspecified atom stereocenters. The molecule has 0 aromatic heterocycles. The largest absolute Gasteiger partial charge is 0.393 e. The van der Waals surface area contributed by atoms with Gasteiger partial charge < -0.3 is 15.3 Å². The number of carbonyl (C=O) groups is 2. The van der Waals surface area contributed by atoms with E-state index in [1.807, 2.05) is 18.7 Å². The number of hydrogen-bond donors (Lipinski definition) is 2. The van der Waals surface area contributed by atoms with Crippen LogP contribution >= 0.6 is 0 Å². The second kappa shape index (κ2) is 6.81. The fourth-order valence-electron chi connectivity index (χ4n) is 6.48. The molecule has 5 nitrogen and oxygen atoms in total. The molecule has 4 saturated carbocycles. The maximum absolute atomic E-state index is 13.3. The Bertz CT molecular complexity index is 530. The van der Waals surface area contributed by atoms with Crippen molar-refractivity contribution in [2.24, 2.45) is 29.1 Å². The monoisotopic (exact) mass is 362 g/mol. The lowest BCUT2D eigenvalue weighted by atomic mass is 9.49. The number of rotatable bonds is 4. The molecule has 146 valence electrons. The molecule has 5 fully saturated rings. The lowest BCUT2D eigenvalue weighted by Gasteiger charge is -2.56. The maximum atomic E-state index is 13.3. The molecular formula is C21H34N2O3. The van der Waals surface area contributed by atoms with Gasteiger partial charge in [-0.15, -0.1) is 0 Å². The molecule has 0 aromatic rings. The summed E-state index contributed by atoms with van der Waals surface area (Å²) in [6.45, 7) is 5.22. The summed E-state index contributed by atoms with van der Waals surface area (Å²) in [5.41, 5.74) is -0.208. The molecule has 0 radical (unpaired) electrons. The van der Waals surface area contributed by atoms with E-state index in [9.17, 15) is 14.7 Å². The predicted octanol–water partition coefficient (Wildman–Crippen LogP) is 2.33. The van der Waals surface area contributed by atoms with E-state index < -0.39 is 6.04 Å². The molecule has 1 aliphatic heterocycles. The summed E-state index contributed by atoms with van der Waals surface area (Å²) in [5.74, 6) is 2.43. The molecule has 4 bridgehead atoms. The van der Waals surface area contributed by atoms with E-state index in [-0.39, 0.29) is 29.3 Å². The van der Waals surface area contributed by atoms with Gasteiger partial charge in [0.15, 0.2) is 0 Å². The molecule has 2 amide bonds. The first-order valence-electron chi connectivity index (χ1n) is 10.6. The number of nitrogens with one attached hydrogen (secondary N) is 1. The fourth-order valence-corrected chi connectivity index (χ4v) is 6.48. The van der Waals surface area contributed by atoms with Crippen molar-refractivity contribution in [2.75, 3.05) is 13.1 Å². The third-order valence-electron chi connectivity index (χ3n) is 7.52. The topological polar surface area (TPSA) is 69.6 Å². The van der Waals surface area contributed by atoms with Gasteiger partial charge in [0.25, 0.3) is 0 Å². The number of piperidine rings is 1. The van der Waals surface area contributed by atoms with Crippen LogP contribution in [0.3, 0.4) is 0 Å². The molecule has 1 heterocycles. The van der Waals surface area contributed by atoms with Crippen LogP contribution in [0, 0.1) is 29.1 Å². The minimum Gasteiger partial charge on any atom is -0.393 e. The van der Waals surface area contributed by atoms with Gasteiger partial charge in [-0.3, -0.25) is 9.59 Å². The summed E-state index contributed by atoms with van der Waals surface area (Å²) in [4.78, 5) is 28.2. The highest BCUT2D eigenvalue weighted by Gasteiger charge is 2.55. The van der Waals surface area contributed by atoms with E-state index in [4.69, 9.17) is 0 Å². The molecule has 5 heteroatoms. The minimum absolute atomic E-state index is 0.0324. The molecule has 26 heavy (non-hydrogen) atoms. The first-order chi connectivity index (χ1) is 12.4. The lowest BCUT2D eigenvalue weighted by Crippen LogP contribution is -2.59. The van der Waals surface area contributed by atoms with Crippen molar-refractivity contribution in [1.29, 1.82) is 0 Å². The van der Waals surface area contributed by atoms with Crippen molar-refractivity contribution < 1.29 is 14.7 Å². The van der Waals surface area contributed by atoms with Crippen molar-refractivity contribution in [1.82, 2.24) is 10.2 Å². The van der Waals surface area contributed by atoms with Crippen molar-refractivity contribution in [3.63, 3.8) is 0 Å². The Labute approximate surface area is 156 Å². The minimum atomic E-state index is -0.439. The third-order valence-corrected chi connectivity index (χ3v) is 7.52. The van der Waals surface area contributed by atoms with Crippen LogP contribution in [-0.2, 0) is 9.59 Å². The number of aliphatic hydroxyl groups is 1. The summed E-state index contributed by atoms with van der Waals surface area (Å²) in [7, 11) is 0. The second-order valence-electron chi connectivity index (χ2n) is 9.95. The molecule has 1 saturated heterocycles. The van der Waals surface area contributed by atoms with Crippen LogP contribution in [-0.4, -0.2) is 47.1 Å². The van der Waals surface area contributed by atoms with Crippen molar-refractivity contribution in [2.45, 2.75) is 77.4 Å². The Morgan fingerprint density at radius 2 is 1.50 bits per heavy atom. The Balaban J connectivity index is 1.45. The Hall–Kier alpha value is -1.10. The first-order valence-corrected chi connectivity index (χ1v) is 10.6. The van der Waals surface area contributed by atoms with Gasteiger partial charge in [0.2, 0.25) is 11.8 Å². The van der Waals surface area contributed by atoms with Gasteiger partial charge in [0.1, 0.15) is 6.04 Å². The Kier molecular flexibility index (Phi) is 4.79. The first kappa shape index (κ1) is 18.3. The molecule has 5 aliphatic rings. The van der Waals surface area contributed by atoms with Gasteiger partial charge in [-0.1, -0.05) is 13.8 Å². The average molecular weight is 363 g/mol. The molecule has 2 N–H and O–H groups in total. The number of aliphatic hydroxyl groups excluding tert-OH is 1. The average Bonchev–Trinajstić information content (AvgIpc) is 2.58. The summed E-state index contributed by atoms with van der Waals surface area (Å²) >= 11 is 0. The van der Waals surface area contributed by atoms with E-state index in [1.165, 1.54) is 19.3 Å². The second-order valence-corrected chi connectivity index (χ2v) is 9.95. The van der Waals surface area contributed by atoms with Gasteiger partial charge >= 0.3 is 0 Å². The SMILES string of the molecule is CC(C)C(NC(=O)C12CC3CC(CC(C3)C1)C2)C(=O)N1CCC(O)CC1. The maximum Gasteiger partial charge on any atom is 0.245 e. The summed E-state index contributed by atoms with van der Waals surface area (Å²) in [6, 6.07) is -0.439. The summed E-state index contributed by atoms with van der Waals surface area (Å²) in [6.07, 6.45) is 8.01. The normalized spacial score (nSPS) is 37.8. The molecular weight excluding hydrogens is 328 g/mol. The van der Waals surface area contributed by atoms with Crippen LogP contribution < -0.4 is 5.32 Å². The highest BCUT2D eigenvalue weighted by molar-refractivity contribution is 5.90. The zero-order valence-corrected chi connectivity index (χ0v) is 16.2. The molecule has 4 aliphatic carbocycles. The lowest BCUT2D eigenvalue weighted by molar-refractivity contribution is -0.151.